The molecule has 0 rings (SSSR count). The van der Waals surface area contributed by atoms with Gasteiger partial charge in [0, 0.05) is 39.2 Å². The van der Waals surface area contributed by atoms with Gasteiger partial charge in [0.25, 0.3) is 0 Å². The molecule has 0 spiro atoms. The normalized spacial score (nSPS) is 8.67. The summed E-state index contributed by atoms with van der Waals surface area (Å²) in [5.41, 5.74) is 4.47. The Hall–Kier alpha value is -3.00. The molecule has 258 valence electrons. The standard InChI is InChI=1S/C31H29O8P.C2H5NO.2Na.14H2/c1-3-5-7-9-11-13-14-15-16-17-18-20-21-23-25-30(32)37-27-29(28-38-40(34,35)36)39-31(33)26-24-22-19-12-10-8-6-4-2;1-2(3)4;;;;;;;;;;;;;;;;/h1,29H,4,6,8,10,12,19,22,24,26-28H2,2H3,(H2,34,35,36);1H3,(H2,3,4);;;14*1H/q;;2*+1;;;;;;;;;;;;;;/p-2/t29-;;;;;;;;;;;;;;;;;/m1................./s1. The van der Waals surface area contributed by atoms with Crippen molar-refractivity contribution in [1.29, 1.82) is 0 Å². The van der Waals surface area contributed by atoms with Crippen molar-refractivity contribution >= 4 is 25.7 Å². The maximum absolute atomic E-state index is 12.1. The largest absolute Gasteiger partial charge is 1.00 e. The third-order valence-corrected chi connectivity index (χ3v) is 4.80. The van der Waals surface area contributed by atoms with Gasteiger partial charge in [-0.05, 0) is 89.3 Å². The van der Waals surface area contributed by atoms with Gasteiger partial charge in [-0.25, -0.2) is 4.79 Å². The van der Waals surface area contributed by atoms with Gasteiger partial charge in [-0.1, -0.05) is 51.9 Å². The van der Waals surface area contributed by atoms with Gasteiger partial charge in [-0.3, -0.25) is 9.59 Å². The SMILES string of the molecule is C#CC#CC#CC#CC#CC#CC#CC#CC(=O)OC[C@H](COP(=O)([O-])[O-])OC(=O)CCCCCCCCCC.CC(N)=O.[HH].[HH].[HH].[HH].[HH].[HH].[HH].[HH].[HH].[HH].[HH].[HH].[HH].[HH].[Na+].[Na+]. The van der Waals surface area contributed by atoms with E-state index in [2.05, 4.69) is 106 Å². The van der Waals surface area contributed by atoms with Crippen LogP contribution in [0.5, 0.6) is 0 Å². The maximum Gasteiger partial charge on any atom is 1.00 e. The van der Waals surface area contributed by atoms with Crippen molar-refractivity contribution in [2.75, 3.05) is 13.2 Å². The van der Waals surface area contributed by atoms with Crippen LogP contribution in [0, 0.1) is 95.2 Å². The molecular weight excluding hydrogens is 631 g/mol. The number of primary amides is 1. The third-order valence-electron chi connectivity index (χ3n) is 4.34. The molecule has 1 atom stereocenters. The van der Waals surface area contributed by atoms with Crippen LogP contribution in [-0.4, -0.2) is 37.2 Å². The molecule has 46 heavy (non-hydrogen) atoms. The molecule has 0 aliphatic heterocycles. The van der Waals surface area contributed by atoms with E-state index in [9.17, 15) is 28.7 Å². The molecule has 0 aliphatic rings. The van der Waals surface area contributed by atoms with E-state index in [0.29, 0.717) is 6.42 Å². The summed E-state index contributed by atoms with van der Waals surface area (Å²) in [6, 6.07) is 0. The number of unbranched alkanes of at least 4 members (excludes halogenated alkanes) is 7. The maximum atomic E-state index is 12.1. The predicted octanol–water partition coefficient (Wildman–Crippen LogP) is -1.58. The van der Waals surface area contributed by atoms with E-state index in [-0.39, 0.29) is 91.4 Å². The summed E-state index contributed by atoms with van der Waals surface area (Å²) in [6.07, 6.45) is 12.0. The Balaban J connectivity index is -0.0000000526. The summed E-state index contributed by atoms with van der Waals surface area (Å²) < 4.78 is 24.9. The minimum Gasteiger partial charge on any atom is -0.790 e. The number of amides is 1. The van der Waals surface area contributed by atoms with Gasteiger partial charge in [0.05, 0.1) is 14.4 Å². The van der Waals surface area contributed by atoms with Crippen LogP contribution >= 0.6 is 7.82 Å². The van der Waals surface area contributed by atoms with Crippen LogP contribution in [0.25, 0.3) is 0 Å². The van der Waals surface area contributed by atoms with Crippen molar-refractivity contribution in [3.63, 3.8) is 0 Å². The van der Waals surface area contributed by atoms with Crippen LogP contribution in [0.3, 0.4) is 0 Å². The zero-order chi connectivity index (χ0) is 33.3. The summed E-state index contributed by atoms with van der Waals surface area (Å²) >= 11 is 0. The average Bonchev–Trinajstić information content (AvgIpc) is 2.95. The van der Waals surface area contributed by atoms with Crippen LogP contribution in [0.2, 0.25) is 0 Å². The second kappa shape index (κ2) is 36.5. The quantitative estimate of drug-likeness (QED) is 0.0532. The number of hydrogen-bond acceptors (Lipinski definition) is 9. The zero-order valence-electron chi connectivity index (χ0n) is 26.6. The first-order valence-electron chi connectivity index (χ1n) is 13.3. The molecule has 2 N–H and O–H groups in total. The van der Waals surface area contributed by atoms with Gasteiger partial charge in [-0.2, -0.15) is 0 Å². The Morgan fingerprint density at radius 3 is 1.61 bits per heavy atom. The van der Waals surface area contributed by atoms with E-state index in [1.165, 1.54) is 26.2 Å². The molecule has 0 heterocycles. The Morgan fingerprint density at radius 2 is 1.17 bits per heavy atom. The second-order valence-electron chi connectivity index (χ2n) is 8.18. The molecule has 0 aliphatic carbocycles. The van der Waals surface area contributed by atoms with Crippen molar-refractivity contribution in [2.24, 2.45) is 5.73 Å². The summed E-state index contributed by atoms with van der Waals surface area (Å²) in [7, 11) is -5.32. The fourth-order valence-corrected chi connectivity index (χ4v) is 2.95. The first-order chi connectivity index (χ1) is 21.0. The monoisotopic (exact) mass is 691 g/mol. The Bertz CT molecular complexity index is 1520. The number of rotatable bonds is 15. The fraction of sp³-hybridized carbons (Fsp3) is 0.424. The van der Waals surface area contributed by atoms with E-state index < -0.39 is 39.1 Å². The van der Waals surface area contributed by atoms with E-state index >= 15 is 0 Å². The molecule has 0 saturated heterocycles. The van der Waals surface area contributed by atoms with Gasteiger partial charge < -0.3 is 34.1 Å². The van der Waals surface area contributed by atoms with Crippen molar-refractivity contribution in [3.05, 3.63) is 0 Å². The van der Waals surface area contributed by atoms with Crippen LogP contribution < -0.4 is 74.6 Å². The summed E-state index contributed by atoms with van der Waals surface area (Å²) in [4.78, 5) is 54.6. The number of nitrogens with two attached hydrogens (primary N) is 1. The van der Waals surface area contributed by atoms with Crippen molar-refractivity contribution in [2.45, 2.75) is 77.7 Å². The van der Waals surface area contributed by atoms with E-state index in [1.54, 1.807) is 0 Å². The number of terminal acetylenes is 1. The molecule has 0 aromatic rings. The zero-order valence-corrected chi connectivity index (χ0v) is 31.5. The first-order valence-corrected chi connectivity index (χ1v) is 14.7. The molecule has 13 heteroatoms. The molecular formula is C33H60NNa2O9P. The number of carbonyl (C=O) groups is 3. The van der Waals surface area contributed by atoms with Gasteiger partial charge in [-0.15, -0.1) is 6.42 Å². The number of hydrogen-bond donors (Lipinski definition) is 1. The van der Waals surface area contributed by atoms with E-state index in [0.717, 1.165) is 25.7 Å². The van der Waals surface area contributed by atoms with E-state index in [4.69, 9.17) is 15.9 Å². The molecule has 0 unspecified atom stereocenters. The van der Waals surface area contributed by atoms with Crippen LogP contribution in [0.15, 0.2) is 0 Å². The van der Waals surface area contributed by atoms with Crippen molar-refractivity contribution < 1.29 is 122 Å². The van der Waals surface area contributed by atoms with Crippen LogP contribution in [-0.2, 0) is 32.9 Å². The molecule has 0 aromatic heterocycles. The minimum atomic E-state index is -5.32. The average molecular weight is 692 g/mol. The number of phosphoric ester groups is 1. The minimum absolute atomic E-state index is 0. The van der Waals surface area contributed by atoms with Crippen molar-refractivity contribution in [1.82, 2.24) is 0 Å². The molecule has 0 radical (unpaired) electrons. The number of carbonyl (C=O) groups excluding carboxylic acids is 3. The third kappa shape index (κ3) is 45.4. The topological polar surface area (TPSA) is 168 Å². The summed E-state index contributed by atoms with van der Waals surface area (Å²) in [5.74, 6) is 32.9. The first kappa shape index (κ1) is 49.9. The molecule has 1 amide bonds. The number of ether oxygens (including phenoxy) is 2. The molecule has 0 aromatic carbocycles. The Kier molecular flexibility index (Phi) is 39.5. The Labute approximate surface area is 337 Å². The number of esters is 2. The number of phosphoric acid groups is 1. The van der Waals surface area contributed by atoms with Gasteiger partial charge in [0.1, 0.15) is 6.61 Å². The van der Waals surface area contributed by atoms with Gasteiger partial charge in [0.15, 0.2) is 6.10 Å². The van der Waals surface area contributed by atoms with Crippen molar-refractivity contribution in [3.8, 4) is 95.2 Å². The van der Waals surface area contributed by atoms with Crippen LogP contribution in [0.4, 0.5) is 0 Å². The van der Waals surface area contributed by atoms with E-state index in [1.807, 2.05) is 0 Å². The van der Waals surface area contributed by atoms with Gasteiger partial charge in [0.2, 0.25) is 5.91 Å². The molecule has 0 bridgehead atoms. The fourth-order valence-electron chi connectivity index (χ4n) is 2.61. The smallest absolute Gasteiger partial charge is 0.790 e. The molecule has 0 saturated carbocycles. The summed E-state index contributed by atoms with van der Waals surface area (Å²) in [6.45, 7) is 2.10. The van der Waals surface area contributed by atoms with Crippen LogP contribution in [0.1, 0.15) is 91.6 Å². The molecule has 10 nitrogen and oxygen atoms in total. The van der Waals surface area contributed by atoms with Gasteiger partial charge >= 0.3 is 71.1 Å². The Morgan fingerprint density at radius 1 is 0.761 bits per heavy atom. The summed E-state index contributed by atoms with van der Waals surface area (Å²) in [5, 5.41) is 0. The predicted molar refractivity (Wildman–Crippen MR) is 189 cm³/mol. The molecule has 0 fully saturated rings. The second-order valence-corrected chi connectivity index (χ2v) is 9.34.